The minimum atomic E-state index is -8.74. The number of amides is 1. The second-order valence-electron chi connectivity index (χ2n) is 10.2. The molecule has 0 aliphatic carbocycles. The standard InChI is InChI=1S/C20H24F18N2OS/c1-10(12(41)39-6-5-7-40(2,3)4)9-42-11(21)8-13(22,23)14(24,25)15(26,27)16(28,29)17(30,31)18(32,33)19(34,35)20(36,37)38/h10-11H,5-9H2,1-4H3/p+1. The van der Waals surface area contributed by atoms with E-state index in [1.807, 2.05) is 21.1 Å². The van der Waals surface area contributed by atoms with E-state index in [4.69, 9.17) is 0 Å². The fourth-order valence-corrected chi connectivity index (χ4v) is 3.82. The van der Waals surface area contributed by atoms with Gasteiger partial charge in [-0.1, -0.05) is 6.92 Å². The first kappa shape index (κ1) is 40.5. The van der Waals surface area contributed by atoms with Crippen LogP contribution in [-0.4, -0.2) is 104 Å². The largest absolute Gasteiger partial charge is 0.460 e. The summed E-state index contributed by atoms with van der Waals surface area (Å²) in [5.41, 5.74) is -3.43. The number of carbonyl (C=O) groups is 1. The van der Waals surface area contributed by atoms with E-state index >= 15 is 0 Å². The predicted octanol–water partition coefficient (Wildman–Crippen LogP) is 7.26. The van der Waals surface area contributed by atoms with Gasteiger partial charge < -0.3 is 9.80 Å². The Morgan fingerprint density at radius 3 is 1.45 bits per heavy atom. The molecular weight excluding hydrogens is 658 g/mol. The van der Waals surface area contributed by atoms with Gasteiger partial charge in [0.25, 0.3) is 0 Å². The number of quaternary nitrogens is 1. The highest BCUT2D eigenvalue weighted by molar-refractivity contribution is 7.99. The number of carbonyl (C=O) groups excluding carboxylic acids is 1. The van der Waals surface area contributed by atoms with E-state index in [-0.39, 0.29) is 6.54 Å². The van der Waals surface area contributed by atoms with Crippen LogP contribution in [0.3, 0.4) is 0 Å². The van der Waals surface area contributed by atoms with Crippen molar-refractivity contribution in [3.63, 3.8) is 0 Å². The number of hydrogen-bond donors (Lipinski definition) is 1. The van der Waals surface area contributed by atoms with Crippen molar-refractivity contribution in [3.05, 3.63) is 0 Å². The summed E-state index contributed by atoms with van der Waals surface area (Å²) in [4.78, 5) is 11.9. The SMILES string of the molecule is CC(CSC(F)CC(F)(F)C(F)(F)C(F)(F)C(F)(F)C(F)(F)C(F)(F)C(F)(F)C(F)(F)F)C(=O)NCCC[N+](C)(C)C. The maximum absolute atomic E-state index is 14.0. The van der Waals surface area contributed by atoms with Crippen molar-refractivity contribution in [2.45, 2.75) is 72.9 Å². The number of halogens is 18. The Labute approximate surface area is 230 Å². The third kappa shape index (κ3) is 7.77. The Bertz CT molecular complexity index is 916. The molecule has 0 rings (SSSR count). The maximum atomic E-state index is 14.0. The van der Waals surface area contributed by atoms with Gasteiger partial charge in [-0.25, -0.2) is 4.39 Å². The summed E-state index contributed by atoms with van der Waals surface area (Å²) in [5.74, 6) is -60.4. The summed E-state index contributed by atoms with van der Waals surface area (Å²) >= 11 is -0.435. The van der Waals surface area contributed by atoms with Crippen molar-refractivity contribution in [2.24, 2.45) is 5.92 Å². The normalized spacial score (nSPS) is 16.8. The smallest absolute Gasteiger partial charge is 0.356 e. The van der Waals surface area contributed by atoms with Gasteiger partial charge in [0.15, 0.2) is 5.50 Å². The lowest BCUT2D eigenvalue weighted by molar-refractivity contribution is -0.870. The van der Waals surface area contributed by atoms with Gasteiger partial charge in [-0.3, -0.25) is 4.79 Å². The number of nitrogens with zero attached hydrogens (tertiary/aromatic N) is 1. The lowest BCUT2D eigenvalue weighted by Gasteiger charge is -2.42. The number of thioether (sulfide) groups is 1. The molecule has 0 heterocycles. The number of rotatable bonds is 16. The molecule has 0 saturated carbocycles. The van der Waals surface area contributed by atoms with Crippen molar-refractivity contribution in [1.82, 2.24) is 5.32 Å². The first-order valence-electron chi connectivity index (χ1n) is 11.2. The van der Waals surface area contributed by atoms with E-state index in [9.17, 15) is 83.8 Å². The van der Waals surface area contributed by atoms with Gasteiger partial charge in [0.1, 0.15) is 0 Å². The van der Waals surface area contributed by atoms with Crippen molar-refractivity contribution >= 4 is 17.7 Å². The number of hydrogen-bond acceptors (Lipinski definition) is 2. The van der Waals surface area contributed by atoms with Gasteiger partial charge >= 0.3 is 47.6 Å². The molecule has 0 aromatic heterocycles. The van der Waals surface area contributed by atoms with Crippen LogP contribution in [0.4, 0.5) is 79.0 Å². The van der Waals surface area contributed by atoms with Gasteiger partial charge in [-0.2, -0.15) is 74.6 Å². The van der Waals surface area contributed by atoms with Crippen LogP contribution in [0.2, 0.25) is 0 Å². The lowest BCUT2D eigenvalue weighted by Crippen LogP contribution is -2.74. The quantitative estimate of drug-likeness (QED) is 0.106. The first-order valence-corrected chi connectivity index (χ1v) is 12.3. The van der Waals surface area contributed by atoms with Gasteiger partial charge in [0, 0.05) is 24.6 Å². The van der Waals surface area contributed by atoms with E-state index in [2.05, 4.69) is 5.32 Å². The summed E-state index contributed by atoms with van der Waals surface area (Å²) in [6.07, 6.45) is -10.6. The third-order valence-electron chi connectivity index (χ3n) is 5.48. The molecule has 0 saturated heterocycles. The average molecular weight is 683 g/mol. The molecule has 252 valence electrons. The van der Waals surface area contributed by atoms with Gasteiger partial charge in [-0.15, -0.1) is 11.8 Å². The van der Waals surface area contributed by atoms with Crippen LogP contribution in [0.25, 0.3) is 0 Å². The van der Waals surface area contributed by atoms with Crippen molar-refractivity contribution in [3.8, 4) is 0 Å². The minimum absolute atomic E-state index is 0.0780. The van der Waals surface area contributed by atoms with Gasteiger partial charge in [0.05, 0.1) is 34.1 Å². The molecule has 0 aliphatic rings. The fourth-order valence-electron chi connectivity index (χ4n) is 2.85. The molecule has 1 N–H and O–H groups in total. The molecule has 22 heteroatoms. The maximum Gasteiger partial charge on any atom is 0.460 e. The lowest BCUT2D eigenvalue weighted by atomic mass is 9.88. The third-order valence-corrected chi connectivity index (χ3v) is 6.70. The van der Waals surface area contributed by atoms with Crippen molar-refractivity contribution in [2.75, 3.05) is 40.0 Å². The number of alkyl halides is 18. The van der Waals surface area contributed by atoms with Crippen molar-refractivity contribution in [1.29, 1.82) is 0 Å². The summed E-state index contributed by atoms with van der Waals surface area (Å²) in [5, 5.41) is 2.34. The molecule has 42 heavy (non-hydrogen) atoms. The topological polar surface area (TPSA) is 29.1 Å². The van der Waals surface area contributed by atoms with Gasteiger partial charge in [0.2, 0.25) is 5.91 Å². The number of nitrogens with one attached hydrogen (secondary N) is 1. The van der Waals surface area contributed by atoms with Crippen LogP contribution in [0.5, 0.6) is 0 Å². The zero-order valence-corrected chi connectivity index (χ0v) is 22.6. The van der Waals surface area contributed by atoms with Crippen LogP contribution in [-0.2, 0) is 4.79 Å². The highest BCUT2D eigenvalue weighted by Gasteiger charge is 2.95. The van der Waals surface area contributed by atoms with Crippen LogP contribution in [0, 0.1) is 5.92 Å². The van der Waals surface area contributed by atoms with E-state index in [0.29, 0.717) is 17.4 Å². The first-order chi connectivity index (χ1) is 18.2. The van der Waals surface area contributed by atoms with Crippen LogP contribution < -0.4 is 5.32 Å². The highest BCUT2D eigenvalue weighted by Crippen LogP contribution is 2.64. The molecule has 2 unspecified atom stereocenters. The summed E-state index contributed by atoms with van der Waals surface area (Å²) < 4.78 is 240. The molecule has 0 aromatic rings. The monoisotopic (exact) mass is 683 g/mol. The predicted molar refractivity (Wildman–Crippen MR) is 112 cm³/mol. The second-order valence-corrected chi connectivity index (χ2v) is 11.3. The van der Waals surface area contributed by atoms with Gasteiger partial charge in [-0.05, 0) is 0 Å². The Kier molecular flexibility index (Phi) is 12.0. The Hall–Kier alpha value is -1.48. The molecule has 0 aliphatic heterocycles. The Morgan fingerprint density at radius 1 is 0.690 bits per heavy atom. The molecule has 0 fully saturated rings. The molecule has 0 spiro atoms. The summed E-state index contributed by atoms with van der Waals surface area (Å²) in [6, 6.07) is 0. The van der Waals surface area contributed by atoms with E-state index in [1.165, 1.54) is 0 Å². The van der Waals surface area contributed by atoms with E-state index in [1.54, 1.807) is 0 Å². The van der Waals surface area contributed by atoms with Crippen LogP contribution >= 0.6 is 11.8 Å². The molecule has 2 atom stereocenters. The molecule has 0 aromatic carbocycles. The molecule has 1 amide bonds. The van der Waals surface area contributed by atoms with Crippen LogP contribution in [0.15, 0.2) is 0 Å². The molecule has 0 radical (unpaired) electrons. The van der Waals surface area contributed by atoms with Crippen LogP contribution in [0.1, 0.15) is 19.8 Å². The molecular formula is C20H25F18N2OS+. The highest BCUT2D eigenvalue weighted by atomic mass is 32.2. The second kappa shape index (κ2) is 12.5. The Balaban J connectivity index is 5.79. The summed E-state index contributed by atoms with van der Waals surface area (Å²) in [6.45, 7) is 1.71. The summed E-state index contributed by atoms with van der Waals surface area (Å²) in [7, 11) is 5.43. The van der Waals surface area contributed by atoms with E-state index in [0.717, 1.165) is 6.92 Å². The Morgan fingerprint density at radius 2 is 1.07 bits per heavy atom. The zero-order valence-electron chi connectivity index (χ0n) is 21.8. The van der Waals surface area contributed by atoms with E-state index < -0.39 is 88.9 Å². The zero-order chi connectivity index (χ0) is 34.2. The molecule has 0 bridgehead atoms. The minimum Gasteiger partial charge on any atom is -0.356 e. The average Bonchev–Trinajstić information content (AvgIpc) is 2.77. The molecule has 3 nitrogen and oxygen atoms in total. The fraction of sp³-hybridized carbons (Fsp3) is 0.950. The van der Waals surface area contributed by atoms with Crippen molar-refractivity contribution < 1.29 is 88.3 Å².